The van der Waals surface area contributed by atoms with Gasteiger partial charge in [0.25, 0.3) is 5.91 Å². The van der Waals surface area contributed by atoms with E-state index in [-0.39, 0.29) is 23.6 Å². The van der Waals surface area contributed by atoms with Gasteiger partial charge in [0.1, 0.15) is 0 Å². The van der Waals surface area contributed by atoms with E-state index in [9.17, 15) is 9.90 Å². The summed E-state index contributed by atoms with van der Waals surface area (Å²) in [4.78, 5) is 12.8. The first-order valence-electron chi connectivity index (χ1n) is 8.43. The monoisotopic (exact) mass is 393 g/mol. The van der Waals surface area contributed by atoms with E-state index < -0.39 is 0 Å². The fourth-order valence-corrected chi connectivity index (χ4v) is 3.60. The van der Waals surface area contributed by atoms with Gasteiger partial charge in [-0.25, -0.2) is 0 Å². The van der Waals surface area contributed by atoms with Crippen LogP contribution in [0.4, 0.5) is 0 Å². The molecule has 5 nitrogen and oxygen atoms in total. The average Bonchev–Trinajstić information content (AvgIpc) is 2.88. The van der Waals surface area contributed by atoms with E-state index in [0.29, 0.717) is 5.69 Å². The average molecular weight is 394 g/mol. The molecule has 0 atom stereocenters. The van der Waals surface area contributed by atoms with Crippen molar-refractivity contribution in [2.75, 3.05) is 0 Å². The van der Waals surface area contributed by atoms with Crippen molar-refractivity contribution >= 4 is 32.7 Å². The quantitative estimate of drug-likeness (QED) is 0.818. The molecule has 1 amide bonds. The summed E-state index contributed by atoms with van der Waals surface area (Å²) >= 11 is 3.48. The third-order valence-electron chi connectivity index (χ3n) is 4.52. The van der Waals surface area contributed by atoms with Crippen LogP contribution in [0.15, 0.2) is 22.7 Å². The molecular formula is C18H24BrN3O2. The molecule has 0 bridgehead atoms. The van der Waals surface area contributed by atoms with Gasteiger partial charge in [0, 0.05) is 15.9 Å². The number of carbonyl (C=O) groups is 1. The van der Waals surface area contributed by atoms with Crippen LogP contribution in [0.25, 0.3) is 10.9 Å². The molecule has 0 saturated heterocycles. The Bertz CT molecular complexity index is 755. The number of aliphatic hydroxyl groups is 1. The van der Waals surface area contributed by atoms with Crippen LogP contribution in [-0.2, 0) is 5.54 Å². The van der Waals surface area contributed by atoms with E-state index in [1.165, 1.54) is 0 Å². The Morgan fingerprint density at radius 3 is 2.58 bits per heavy atom. The molecule has 0 unspecified atom stereocenters. The fourth-order valence-electron chi connectivity index (χ4n) is 3.24. The van der Waals surface area contributed by atoms with Crippen molar-refractivity contribution in [2.24, 2.45) is 0 Å². The van der Waals surface area contributed by atoms with Crippen LogP contribution >= 0.6 is 15.9 Å². The maximum atomic E-state index is 12.8. The summed E-state index contributed by atoms with van der Waals surface area (Å²) in [5.74, 6) is -0.137. The van der Waals surface area contributed by atoms with Crippen molar-refractivity contribution in [3.63, 3.8) is 0 Å². The molecule has 1 aromatic carbocycles. The van der Waals surface area contributed by atoms with Crippen molar-refractivity contribution < 1.29 is 9.90 Å². The minimum Gasteiger partial charge on any atom is -0.393 e. The number of amides is 1. The smallest absolute Gasteiger partial charge is 0.272 e. The Labute approximate surface area is 150 Å². The van der Waals surface area contributed by atoms with Crippen LogP contribution in [0.3, 0.4) is 0 Å². The molecule has 3 rings (SSSR count). The predicted molar refractivity (Wildman–Crippen MR) is 98.2 cm³/mol. The molecule has 1 aromatic heterocycles. The number of halogens is 1. The summed E-state index contributed by atoms with van der Waals surface area (Å²) in [6, 6.07) is 6.02. The third-order valence-corrected chi connectivity index (χ3v) is 5.02. The van der Waals surface area contributed by atoms with Gasteiger partial charge in [-0.15, -0.1) is 0 Å². The zero-order valence-electron chi connectivity index (χ0n) is 14.3. The van der Waals surface area contributed by atoms with E-state index in [1.54, 1.807) is 0 Å². The van der Waals surface area contributed by atoms with Crippen molar-refractivity contribution in [2.45, 2.75) is 64.1 Å². The lowest BCUT2D eigenvalue weighted by Crippen LogP contribution is -2.39. The minimum absolute atomic E-state index is 0.114. The Kier molecular flexibility index (Phi) is 4.71. The largest absolute Gasteiger partial charge is 0.393 e. The van der Waals surface area contributed by atoms with Crippen molar-refractivity contribution in [1.29, 1.82) is 0 Å². The molecule has 1 aliphatic carbocycles. The zero-order valence-corrected chi connectivity index (χ0v) is 15.9. The number of benzene rings is 1. The Morgan fingerprint density at radius 1 is 1.29 bits per heavy atom. The number of aromatic nitrogens is 2. The van der Waals surface area contributed by atoms with Gasteiger partial charge >= 0.3 is 0 Å². The fraction of sp³-hybridized carbons (Fsp3) is 0.556. The number of nitrogens with one attached hydrogen (secondary N) is 1. The number of hydrogen-bond acceptors (Lipinski definition) is 3. The van der Waals surface area contributed by atoms with Crippen LogP contribution < -0.4 is 5.32 Å². The summed E-state index contributed by atoms with van der Waals surface area (Å²) < 4.78 is 2.84. The molecular weight excluding hydrogens is 370 g/mol. The van der Waals surface area contributed by atoms with Crippen LogP contribution in [0, 0.1) is 0 Å². The van der Waals surface area contributed by atoms with Crippen molar-refractivity contribution in [1.82, 2.24) is 15.1 Å². The summed E-state index contributed by atoms with van der Waals surface area (Å²) in [7, 11) is 0. The number of carbonyl (C=O) groups excluding carboxylic acids is 1. The second kappa shape index (κ2) is 6.48. The highest BCUT2D eigenvalue weighted by molar-refractivity contribution is 9.10. The summed E-state index contributed by atoms with van der Waals surface area (Å²) in [6.45, 7) is 6.23. The Balaban J connectivity index is 1.93. The molecule has 6 heteroatoms. The maximum absolute atomic E-state index is 12.8. The molecule has 0 radical (unpaired) electrons. The first kappa shape index (κ1) is 17.4. The molecule has 1 fully saturated rings. The highest BCUT2D eigenvalue weighted by Crippen LogP contribution is 2.28. The van der Waals surface area contributed by atoms with E-state index in [1.807, 2.05) is 22.9 Å². The minimum atomic E-state index is -0.227. The first-order chi connectivity index (χ1) is 11.3. The number of hydrogen-bond donors (Lipinski definition) is 2. The SMILES string of the molecule is CC(C)(C)n1nc(C(=O)NC2CCC(O)CC2)c2cc(Br)ccc21. The van der Waals surface area contributed by atoms with Crippen LogP contribution in [0.5, 0.6) is 0 Å². The van der Waals surface area contributed by atoms with Gasteiger partial charge in [-0.05, 0) is 64.7 Å². The first-order valence-corrected chi connectivity index (χ1v) is 9.22. The molecule has 130 valence electrons. The second-order valence-corrected chi connectivity index (χ2v) is 8.49. The highest BCUT2D eigenvalue weighted by atomic mass is 79.9. The van der Waals surface area contributed by atoms with Gasteiger partial charge in [0.2, 0.25) is 0 Å². The van der Waals surface area contributed by atoms with Gasteiger partial charge < -0.3 is 10.4 Å². The van der Waals surface area contributed by atoms with Gasteiger partial charge in [-0.1, -0.05) is 15.9 Å². The third kappa shape index (κ3) is 3.49. The number of aliphatic hydroxyl groups excluding tert-OH is 1. The summed E-state index contributed by atoms with van der Waals surface area (Å²) in [6.07, 6.45) is 2.89. The lowest BCUT2D eigenvalue weighted by atomic mass is 9.93. The summed E-state index contributed by atoms with van der Waals surface area (Å²) in [5, 5.41) is 18.2. The van der Waals surface area contributed by atoms with Crippen molar-refractivity contribution in [3.8, 4) is 0 Å². The van der Waals surface area contributed by atoms with Gasteiger partial charge in [-0.3, -0.25) is 9.48 Å². The molecule has 1 heterocycles. The van der Waals surface area contributed by atoms with Gasteiger partial charge in [-0.2, -0.15) is 5.10 Å². The standard InChI is InChI=1S/C18H24BrN3O2/c1-18(2,3)22-15-9-4-11(19)10-14(15)16(21-22)17(24)20-12-5-7-13(23)8-6-12/h4,9-10,12-13,23H,5-8H2,1-3H3,(H,20,24). The molecule has 2 N–H and O–H groups in total. The topological polar surface area (TPSA) is 67.2 Å². The normalized spacial score (nSPS) is 21.9. The zero-order chi connectivity index (χ0) is 17.5. The van der Waals surface area contributed by atoms with Crippen LogP contribution in [-0.4, -0.2) is 32.9 Å². The number of nitrogens with zero attached hydrogens (tertiary/aromatic N) is 2. The Morgan fingerprint density at radius 2 is 1.96 bits per heavy atom. The van der Waals surface area contributed by atoms with Crippen molar-refractivity contribution in [3.05, 3.63) is 28.4 Å². The van der Waals surface area contributed by atoms with Crippen LogP contribution in [0.2, 0.25) is 0 Å². The number of fused-ring (bicyclic) bond motifs is 1. The lowest BCUT2D eigenvalue weighted by Gasteiger charge is -2.25. The second-order valence-electron chi connectivity index (χ2n) is 7.57. The van der Waals surface area contributed by atoms with Crippen LogP contribution in [0.1, 0.15) is 56.9 Å². The van der Waals surface area contributed by atoms with Gasteiger partial charge in [0.05, 0.1) is 17.2 Å². The molecule has 1 saturated carbocycles. The number of rotatable bonds is 2. The lowest BCUT2D eigenvalue weighted by molar-refractivity contribution is 0.0863. The van der Waals surface area contributed by atoms with E-state index in [4.69, 9.17) is 0 Å². The maximum Gasteiger partial charge on any atom is 0.272 e. The van der Waals surface area contributed by atoms with E-state index >= 15 is 0 Å². The van der Waals surface area contributed by atoms with Gasteiger partial charge in [0.15, 0.2) is 5.69 Å². The molecule has 24 heavy (non-hydrogen) atoms. The highest BCUT2D eigenvalue weighted by Gasteiger charge is 2.26. The molecule has 0 spiro atoms. The summed E-state index contributed by atoms with van der Waals surface area (Å²) in [5.41, 5.74) is 1.21. The Hall–Kier alpha value is -1.40. The van der Waals surface area contributed by atoms with E-state index in [0.717, 1.165) is 41.1 Å². The molecule has 2 aromatic rings. The predicted octanol–water partition coefficient (Wildman–Crippen LogP) is 3.59. The molecule has 1 aliphatic rings. The molecule has 0 aliphatic heterocycles. The van der Waals surface area contributed by atoms with E-state index in [2.05, 4.69) is 47.1 Å².